The van der Waals surface area contributed by atoms with E-state index in [0.29, 0.717) is 0 Å². The Kier molecular flexibility index (Phi) is 4.45. The molecule has 0 aromatic heterocycles. The van der Waals surface area contributed by atoms with Crippen molar-refractivity contribution in [3.05, 3.63) is 29.3 Å². The van der Waals surface area contributed by atoms with Gasteiger partial charge in [0.05, 0.1) is 13.0 Å². The summed E-state index contributed by atoms with van der Waals surface area (Å²) in [7, 11) is 1.31. The first-order chi connectivity index (χ1) is 7.97. The molecule has 17 heavy (non-hydrogen) atoms. The average molecular weight is 252 g/mol. The number of esters is 1. The number of ether oxygens (including phenoxy) is 2. The first-order valence-corrected chi connectivity index (χ1v) is 4.50. The summed E-state index contributed by atoms with van der Waals surface area (Å²) in [5.41, 5.74) is 0. The molecule has 0 N–H and O–H groups in total. The minimum atomic E-state index is -1.90. The predicted molar refractivity (Wildman–Crippen MR) is 48.4 cm³/mol. The zero-order chi connectivity index (χ0) is 13.0. The Morgan fingerprint density at radius 1 is 1.18 bits per heavy atom. The molecule has 0 aliphatic carbocycles. The number of benzene rings is 1. The van der Waals surface area contributed by atoms with Crippen molar-refractivity contribution in [1.29, 1.82) is 0 Å². The van der Waals surface area contributed by atoms with Gasteiger partial charge < -0.3 is 9.47 Å². The van der Waals surface area contributed by atoms with Gasteiger partial charge in [-0.15, -0.1) is 0 Å². The number of hydrogen-bond donors (Lipinski definition) is 0. The zero-order valence-corrected chi connectivity index (χ0v) is 8.73. The molecule has 0 atom stereocenters. The molecule has 1 aromatic carbocycles. The smallest absolute Gasteiger partial charge is 0.313 e. The fraction of sp³-hybridized carbons (Fsp3) is 0.300. The maximum Gasteiger partial charge on any atom is 0.313 e. The Hall–Kier alpha value is -1.63. The average Bonchev–Trinajstić information content (AvgIpc) is 2.29. The molecule has 0 aliphatic rings. The maximum absolute atomic E-state index is 13.0. The van der Waals surface area contributed by atoms with E-state index in [2.05, 4.69) is 9.47 Å². The van der Waals surface area contributed by atoms with Crippen molar-refractivity contribution in [2.24, 2.45) is 0 Å². The van der Waals surface area contributed by atoms with Crippen molar-refractivity contribution >= 4 is 5.97 Å². The largest absolute Gasteiger partial charge is 0.420 e. The van der Waals surface area contributed by atoms with Crippen LogP contribution in [-0.2, 0) is 9.53 Å². The third-order valence-corrected chi connectivity index (χ3v) is 1.80. The maximum atomic E-state index is 13.0. The second-order valence-corrected chi connectivity index (χ2v) is 3.01. The van der Waals surface area contributed by atoms with Crippen molar-refractivity contribution in [2.45, 2.75) is 6.42 Å². The molecule has 3 nitrogen and oxygen atoms in total. The molecule has 94 valence electrons. The molecule has 0 spiro atoms. The number of rotatable bonds is 4. The van der Waals surface area contributed by atoms with E-state index in [1.807, 2.05) is 0 Å². The van der Waals surface area contributed by atoms with Gasteiger partial charge in [0.2, 0.25) is 11.6 Å². The van der Waals surface area contributed by atoms with Crippen LogP contribution in [0.2, 0.25) is 0 Å². The summed E-state index contributed by atoms with van der Waals surface area (Å²) in [5, 5.41) is 0. The van der Waals surface area contributed by atoms with Crippen LogP contribution in [0.15, 0.2) is 6.07 Å². The van der Waals surface area contributed by atoms with Gasteiger partial charge in [0.25, 0.3) is 0 Å². The highest BCUT2D eigenvalue weighted by Crippen LogP contribution is 2.26. The SMILES string of the molecule is COCCC(=O)Oc1c(F)cc(F)c(F)c1F. The summed E-state index contributed by atoms with van der Waals surface area (Å²) in [6.45, 7) is -0.0221. The molecule has 0 fully saturated rings. The first kappa shape index (κ1) is 13.4. The van der Waals surface area contributed by atoms with Crippen LogP contribution in [0, 0.1) is 23.3 Å². The van der Waals surface area contributed by atoms with E-state index in [-0.39, 0.29) is 19.1 Å². The highest BCUT2D eigenvalue weighted by Gasteiger charge is 2.22. The summed E-state index contributed by atoms with van der Waals surface area (Å²) in [6.07, 6.45) is -0.269. The Morgan fingerprint density at radius 3 is 2.41 bits per heavy atom. The minimum absolute atomic E-state index is 0.0221. The van der Waals surface area contributed by atoms with E-state index in [9.17, 15) is 22.4 Å². The quantitative estimate of drug-likeness (QED) is 0.271. The van der Waals surface area contributed by atoms with Gasteiger partial charge in [0.15, 0.2) is 17.5 Å². The number of hydrogen-bond acceptors (Lipinski definition) is 3. The van der Waals surface area contributed by atoms with E-state index in [0.717, 1.165) is 0 Å². The van der Waals surface area contributed by atoms with Crippen molar-refractivity contribution in [2.75, 3.05) is 13.7 Å². The second kappa shape index (κ2) is 5.62. The van der Waals surface area contributed by atoms with Crippen LogP contribution in [0.5, 0.6) is 5.75 Å². The Bertz CT molecular complexity index is 434. The third-order valence-electron chi connectivity index (χ3n) is 1.80. The monoisotopic (exact) mass is 252 g/mol. The predicted octanol–water partition coefficient (Wildman–Crippen LogP) is 2.18. The van der Waals surface area contributed by atoms with E-state index < -0.39 is 35.0 Å². The second-order valence-electron chi connectivity index (χ2n) is 3.01. The van der Waals surface area contributed by atoms with Gasteiger partial charge in [-0.2, -0.15) is 4.39 Å². The molecule has 0 radical (unpaired) electrons. The Labute approximate surface area is 93.9 Å². The van der Waals surface area contributed by atoms with E-state index in [4.69, 9.17) is 0 Å². The minimum Gasteiger partial charge on any atom is -0.420 e. The molecule has 0 aliphatic heterocycles. The van der Waals surface area contributed by atoms with Crippen LogP contribution in [0.25, 0.3) is 0 Å². The Balaban J connectivity index is 2.91. The number of halogens is 4. The lowest BCUT2D eigenvalue weighted by atomic mass is 10.3. The van der Waals surface area contributed by atoms with Crippen LogP contribution in [0.1, 0.15) is 6.42 Å². The van der Waals surface area contributed by atoms with Crippen molar-refractivity contribution in [1.82, 2.24) is 0 Å². The van der Waals surface area contributed by atoms with Crippen molar-refractivity contribution in [3.63, 3.8) is 0 Å². The first-order valence-electron chi connectivity index (χ1n) is 4.50. The number of methoxy groups -OCH3 is 1. The van der Waals surface area contributed by atoms with Crippen LogP contribution in [-0.4, -0.2) is 19.7 Å². The molecule has 0 bridgehead atoms. The normalized spacial score (nSPS) is 10.4. The highest BCUT2D eigenvalue weighted by atomic mass is 19.2. The summed E-state index contributed by atoms with van der Waals surface area (Å²) < 4.78 is 60.1. The number of carbonyl (C=O) groups excluding carboxylic acids is 1. The van der Waals surface area contributed by atoms with E-state index in [1.54, 1.807) is 0 Å². The fourth-order valence-corrected chi connectivity index (χ4v) is 0.993. The Morgan fingerprint density at radius 2 is 1.82 bits per heavy atom. The molecule has 7 heteroatoms. The lowest BCUT2D eigenvalue weighted by Gasteiger charge is -2.07. The van der Waals surface area contributed by atoms with Gasteiger partial charge >= 0.3 is 5.97 Å². The topological polar surface area (TPSA) is 35.5 Å². The standard InChI is InChI=1S/C10H8F4O3/c1-16-3-2-7(15)17-10-6(12)4-5(11)8(13)9(10)14/h4H,2-3H2,1H3. The van der Waals surface area contributed by atoms with E-state index >= 15 is 0 Å². The van der Waals surface area contributed by atoms with Crippen LogP contribution < -0.4 is 4.74 Å². The summed E-state index contributed by atoms with van der Waals surface area (Å²) >= 11 is 0. The van der Waals surface area contributed by atoms with Gasteiger partial charge in [-0.1, -0.05) is 0 Å². The fourth-order valence-electron chi connectivity index (χ4n) is 0.993. The van der Waals surface area contributed by atoms with Crippen molar-refractivity contribution < 1.29 is 31.8 Å². The van der Waals surface area contributed by atoms with Gasteiger partial charge in [0, 0.05) is 13.2 Å². The molecule has 0 saturated carbocycles. The zero-order valence-electron chi connectivity index (χ0n) is 8.73. The van der Waals surface area contributed by atoms with Crippen LogP contribution in [0.3, 0.4) is 0 Å². The lowest BCUT2D eigenvalue weighted by molar-refractivity contribution is -0.135. The molecular formula is C10H8F4O3. The van der Waals surface area contributed by atoms with Crippen LogP contribution in [0.4, 0.5) is 17.6 Å². The summed E-state index contributed by atoms with van der Waals surface area (Å²) in [4.78, 5) is 11.0. The van der Waals surface area contributed by atoms with E-state index in [1.165, 1.54) is 7.11 Å². The third kappa shape index (κ3) is 3.16. The highest BCUT2D eigenvalue weighted by molar-refractivity contribution is 5.72. The number of carbonyl (C=O) groups is 1. The van der Waals surface area contributed by atoms with Crippen LogP contribution >= 0.6 is 0 Å². The van der Waals surface area contributed by atoms with Gasteiger partial charge in [0.1, 0.15) is 0 Å². The lowest BCUT2D eigenvalue weighted by Crippen LogP contribution is -2.13. The van der Waals surface area contributed by atoms with Gasteiger partial charge in [-0.05, 0) is 0 Å². The molecular weight excluding hydrogens is 244 g/mol. The van der Waals surface area contributed by atoms with Gasteiger partial charge in [-0.25, -0.2) is 13.2 Å². The summed E-state index contributed by atoms with van der Waals surface area (Å²) in [5.74, 6) is -9.25. The molecule has 1 rings (SSSR count). The molecule has 0 unspecified atom stereocenters. The molecule has 0 heterocycles. The summed E-state index contributed by atoms with van der Waals surface area (Å²) in [6, 6.07) is 0.0946. The van der Waals surface area contributed by atoms with Gasteiger partial charge in [-0.3, -0.25) is 4.79 Å². The molecule has 0 amide bonds. The molecule has 0 saturated heterocycles. The molecule has 1 aromatic rings. The van der Waals surface area contributed by atoms with Crippen molar-refractivity contribution in [3.8, 4) is 5.75 Å².